The maximum atomic E-state index is 4.46. The summed E-state index contributed by atoms with van der Waals surface area (Å²) in [6.07, 6.45) is 7.18. The van der Waals surface area contributed by atoms with E-state index in [1.807, 2.05) is 12.4 Å². The molecular formula is C15H24N4. The molecule has 0 N–H and O–H groups in total. The van der Waals surface area contributed by atoms with E-state index in [0.29, 0.717) is 0 Å². The van der Waals surface area contributed by atoms with Crippen LogP contribution in [0.1, 0.15) is 49.2 Å². The third-order valence-electron chi connectivity index (χ3n) is 3.66. The number of aryl methyl sites for hydroxylation is 2. The molecule has 4 nitrogen and oxygen atoms in total. The summed E-state index contributed by atoms with van der Waals surface area (Å²) in [6.45, 7) is 10.7. The minimum Gasteiger partial charge on any atom is -0.270 e. The van der Waals surface area contributed by atoms with Gasteiger partial charge in [-0.1, -0.05) is 13.8 Å². The van der Waals surface area contributed by atoms with Crippen molar-refractivity contribution in [2.24, 2.45) is 0 Å². The second kappa shape index (κ2) is 6.04. The Morgan fingerprint density at radius 1 is 0.842 bits per heavy atom. The highest BCUT2D eigenvalue weighted by Gasteiger charge is 2.11. The van der Waals surface area contributed by atoms with Gasteiger partial charge in [-0.25, -0.2) is 0 Å². The van der Waals surface area contributed by atoms with E-state index < -0.39 is 0 Å². The first-order valence-electron chi connectivity index (χ1n) is 7.19. The lowest BCUT2D eigenvalue weighted by atomic mass is 10.1. The second-order valence-corrected chi connectivity index (χ2v) is 5.13. The van der Waals surface area contributed by atoms with Crippen LogP contribution in [0, 0.1) is 13.8 Å². The van der Waals surface area contributed by atoms with Crippen molar-refractivity contribution in [3.05, 3.63) is 34.9 Å². The normalized spacial score (nSPS) is 11.2. The van der Waals surface area contributed by atoms with Gasteiger partial charge in [-0.05, 0) is 37.8 Å². The first-order chi connectivity index (χ1) is 9.17. The molecule has 0 spiro atoms. The Morgan fingerprint density at radius 2 is 1.26 bits per heavy atom. The van der Waals surface area contributed by atoms with Crippen LogP contribution < -0.4 is 0 Å². The molecule has 0 unspecified atom stereocenters. The zero-order chi connectivity index (χ0) is 13.8. The van der Waals surface area contributed by atoms with Gasteiger partial charge >= 0.3 is 0 Å². The van der Waals surface area contributed by atoms with E-state index in [1.54, 1.807) is 0 Å². The van der Waals surface area contributed by atoms with E-state index in [0.717, 1.165) is 32.4 Å². The van der Waals surface area contributed by atoms with E-state index in [2.05, 4.69) is 47.3 Å². The molecule has 0 radical (unpaired) electrons. The molecule has 104 valence electrons. The van der Waals surface area contributed by atoms with Crippen molar-refractivity contribution >= 4 is 0 Å². The van der Waals surface area contributed by atoms with Crippen LogP contribution in [0.3, 0.4) is 0 Å². The quantitative estimate of drug-likeness (QED) is 0.800. The summed E-state index contributed by atoms with van der Waals surface area (Å²) in [5.74, 6) is 0. The maximum Gasteiger partial charge on any atom is 0.0527 e. The monoisotopic (exact) mass is 260 g/mol. The fourth-order valence-corrected chi connectivity index (χ4v) is 2.40. The molecule has 0 fully saturated rings. The van der Waals surface area contributed by atoms with Crippen molar-refractivity contribution in [1.29, 1.82) is 0 Å². The fourth-order valence-electron chi connectivity index (χ4n) is 2.40. The van der Waals surface area contributed by atoms with Crippen LogP contribution in [0.5, 0.6) is 0 Å². The maximum absolute atomic E-state index is 4.46. The standard InChI is InChI=1S/C15H24N4/c1-5-7-18-12(3)14(10-16-18)9-15-11-17-19(8-6-2)13(15)4/h10-11H,5-9H2,1-4H3. The molecule has 0 saturated carbocycles. The summed E-state index contributed by atoms with van der Waals surface area (Å²) in [4.78, 5) is 0. The van der Waals surface area contributed by atoms with Crippen LogP contribution in [0.4, 0.5) is 0 Å². The topological polar surface area (TPSA) is 35.6 Å². The molecular weight excluding hydrogens is 236 g/mol. The van der Waals surface area contributed by atoms with Crippen LogP contribution >= 0.6 is 0 Å². The molecule has 0 amide bonds. The largest absolute Gasteiger partial charge is 0.270 e. The van der Waals surface area contributed by atoms with Crippen LogP contribution in [0.15, 0.2) is 12.4 Å². The SMILES string of the molecule is CCCn1ncc(Cc2cnn(CCC)c2C)c1C. The van der Waals surface area contributed by atoms with E-state index in [1.165, 1.54) is 22.5 Å². The minimum atomic E-state index is 0.936. The Bertz CT molecular complexity index is 488. The molecule has 0 aliphatic heterocycles. The Labute approximate surface area is 115 Å². The predicted octanol–water partition coefficient (Wildman–Crippen LogP) is 3.11. The molecule has 2 aromatic rings. The van der Waals surface area contributed by atoms with Crippen molar-refractivity contribution in [1.82, 2.24) is 19.6 Å². The van der Waals surface area contributed by atoms with Crippen molar-refractivity contribution in [3.63, 3.8) is 0 Å². The number of rotatable bonds is 6. The first kappa shape index (κ1) is 13.8. The summed E-state index contributed by atoms with van der Waals surface area (Å²) in [7, 11) is 0. The summed E-state index contributed by atoms with van der Waals surface area (Å²) in [6, 6.07) is 0. The molecule has 0 atom stereocenters. The van der Waals surface area contributed by atoms with Crippen molar-refractivity contribution in [2.75, 3.05) is 0 Å². The third kappa shape index (κ3) is 2.88. The van der Waals surface area contributed by atoms with E-state index in [9.17, 15) is 0 Å². The molecule has 4 heteroatoms. The zero-order valence-electron chi connectivity index (χ0n) is 12.5. The summed E-state index contributed by atoms with van der Waals surface area (Å²) >= 11 is 0. The number of nitrogens with zero attached hydrogens (tertiary/aromatic N) is 4. The predicted molar refractivity (Wildman–Crippen MR) is 77.3 cm³/mol. The fraction of sp³-hybridized carbons (Fsp3) is 0.600. The van der Waals surface area contributed by atoms with Crippen LogP contribution in [0.25, 0.3) is 0 Å². The van der Waals surface area contributed by atoms with Crippen molar-refractivity contribution < 1.29 is 0 Å². The highest BCUT2D eigenvalue weighted by Crippen LogP contribution is 2.17. The molecule has 0 bridgehead atoms. The van der Waals surface area contributed by atoms with Crippen molar-refractivity contribution in [2.45, 2.75) is 60.0 Å². The molecule has 0 saturated heterocycles. The van der Waals surface area contributed by atoms with E-state index in [-0.39, 0.29) is 0 Å². The molecule has 19 heavy (non-hydrogen) atoms. The van der Waals surface area contributed by atoms with Gasteiger partial charge in [-0.2, -0.15) is 10.2 Å². The van der Waals surface area contributed by atoms with Crippen LogP contribution in [0.2, 0.25) is 0 Å². The number of hydrogen-bond donors (Lipinski definition) is 0. The van der Waals surface area contributed by atoms with Crippen LogP contribution in [-0.2, 0) is 19.5 Å². The van der Waals surface area contributed by atoms with Gasteiger partial charge in [0.1, 0.15) is 0 Å². The molecule has 0 aromatic carbocycles. The summed E-state index contributed by atoms with van der Waals surface area (Å²) < 4.78 is 4.20. The third-order valence-corrected chi connectivity index (χ3v) is 3.66. The van der Waals surface area contributed by atoms with Gasteiger partial charge in [0.05, 0.1) is 12.4 Å². The minimum absolute atomic E-state index is 0.936. The Kier molecular flexibility index (Phi) is 4.40. The lowest BCUT2D eigenvalue weighted by molar-refractivity contribution is 0.585. The second-order valence-electron chi connectivity index (χ2n) is 5.13. The Balaban J connectivity index is 2.17. The Hall–Kier alpha value is -1.58. The van der Waals surface area contributed by atoms with Crippen LogP contribution in [-0.4, -0.2) is 19.6 Å². The molecule has 0 aliphatic carbocycles. The Morgan fingerprint density at radius 3 is 1.63 bits per heavy atom. The van der Waals surface area contributed by atoms with Gasteiger partial charge in [-0.15, -0.1) is 0 Å². The lowest BCUT2D eigenvalue weighted by Gasteiger charge is -2.05. The average Bonchev–Trinajstić information content (AvgIpc) is 2.90. The number of aromatic nitrogens is 4. The van der Waals surface area contributed by atoms with Crippen molar-refractivity contribution in [3.8, 4) is 0 Å². The molecule has 2 rings (SSSR count). The van der Waals surface area contributed by atoms with Gasteiger partial charge in [0.2, 0.25) is 0 Å². The first-order valence-corrected chi connectivity index (χ1v) is 7.19. The molecule has 0 aliphatic rings. The summed E-state index contributed by atoms with van der Waals surface area (Å²) in [5, 5.41) is 8.93. The van der Waals surface area contributed by atoms with Gasteiger partial charge in [0.25, 0.3) is 0 Å². The lowest BCUT2D eigenvalue weighted by Crippen LogP contribution is -2.03. The zero-order valence-corrected chi connectivity index (χ0v) is 12.5. The van der Waals surface area contributed by atoms with E-state index >= 15 is 0 Å². The summed E-state index contributed by atoms with van der Waals surface area (Å²) in [5.41, 5.74) is 5.19. The van der Waals surface area contributed by atoms with Gasteiger partial charge < -0.3 is 0 Å². The average molecular weight is 260 g/mol. The van der Waals surface area contributed by atoms with E-state index in [4.69, 9.17) is 0 Å². The molecule has 2 aromatic heterocycles. The molecule has 2 heterocycles. The van der Waals surface area contributed by atoms with Gasteiger partial charge in [0, 0.05) is 30.9 Å². The highest BCUT2D eigenvalue weighted by atomic mass is 15.3. The van der Waals surface area contributed by atoms with Gasteiger partial charge in [-0.3, -0.25) is 9.36 Å². The van der Waals surface area contributed by atoms with Gasteiger partial charge in [0.15, 0.2) is 0 Å². The smallest absolute Gasteiger partial charge is 0.0527 e. The highest BCUT2D eigenvalue weighted by molar-refractivity contribution is 5.28. The number of hydrogen-bond acceptors (Lipinski definition) is 2.